The fourth-order valence-electron chi connectivity index (χ4n) is 2.36. The van der Waals surface area contributed by atoms with Crippen LogP contribution < -0.4 is 10.5 Å². The van der Waals surface area contributed by atoms with Gasteiger partial charge in [0.2, 0.25) is 10.0 Å². The molecule has 3 rings (SSSR count). The van der Waals surface area contributed by atoms with Gasteiger partial charge in [-0.05, 0) is 25.0 Å². The Bertz CT molecular complexity index is 753. The van der Waals surface area contributed by atoms with Gasteiger partial charge in [0.25, 0.3) is 0 Å². The third-order valence-electron chi connectivity index (χ3n) is 3.80. The minimum atomic E-state index is -3.60. The van der Waals surface area contributed by atoms with Crippen molar-refractivity contribution in [2.24, 2.45) is 5.14 Å². The summed E-state index contributed by atoms with van der Waals surface area (Å²) in [5.74, 6) is -0.321. The third-order valence-corrected chi connectivity index (χ3v) is 6.59. The van der Waals surface area contributed by atoms with Crippen LogP contribution in [0.3, 0.4) is 0 Å². The molecule has 1 aromatic carbocycles. The zero-order valence-electron chi connectivity index (χ0n) is 10.6. The van der Waals surface area contributed by atoms with Crippen LogP contribution >= 0.6 is 11.3 Å². The average Bonchev–Trinajstić information content (AvgIpc) is 2.70. The highest BCUT2D eigenvalue weighted by Gasteiger charge is 2.47. The van der Waals surface area contributed by atoms with Crippen molar-refractivity contribution in [1.29, 1.82) is 0 Å². The number of hydrogen-bond acceptors (Lipinski definition) is 5. The second kappa shape index (κ2) is 4.64. The largest absolute Gasteiger partial charge is 0.360 e. The Labute approximate surface area is 120 Å². The van der Waals surface area contributed by atoms with E-state index >= 15 is 0 Å². The Kier molecular flexibility index (Phi) is 3.19. The molecule has 8 heteroatoms. The lowest BCUT2D eigenvalue weighted by atomic mass is 9.84. The molecule has 1 fully saturated rings. The van der Waals surface area contributed by atoms with Gasteiger partial charge in [0.05, 0.1) is 10.2 Å². The van der Waals surface area contributed by atoms with E-state index in [1.165, 1.54) is 17.4 Å². The summed E-state index contributed by atoms with van der Waals surface area (Å²) in [6.07, 6.45) is 1.96. The number of fused-ring (bicyclic) bond motifs is 1. The van der Waals surface area contributed by atoms with E-state index in [-0.39, 0.29) is 12.4 Å². The highest BCUT2D eigenvalue weighted by atomic mass is 32.2. The van der Waals surface area contributed by atoms with Crippen molar-refractivity contribution in [1.82, 2.24) is 4.98 Å². The second-order valence-electron chi connectivity index (χ2n) is 5.04. The van der Waals surface area contributed by atoms with Crippen LogP contribution in [0.4, 0.5) is 9.52 Å². The molecule has 3 N–H and O–H groups in total. The van der Waals surface area contributed by atoms with Crippen LogP contribution in [0.15, 0.2) is 18.2 Å². The van der Waals surface area contributed by atoms with Gasteiger partial charge < -0.3 is 5.32 Å². The fourth-order valence-corrected chi connectivity index (χ4v) is 4.36. The van der Waals surface area contributed by atoms with Crippen molar-refractivity contribution in [3.05, 3.63) is 24.0 Å². The van der Waals surface area contributed by atoms with Crippen molar-refractivity contribution in [3.63, 3.8) is 0 Å². The molecule has 0 radical (unpaired) electrons. The molecule has 1 aliphatic carbocycles. The smallest absolute Gasteiger partial charge is 0.216 e. The molecule has 0 amide bonds. The zero-order valence-corrected chi connectivity index (χ0v) is 12.2. The standard InChI is InChI=1S/C12H14FN3O2S2/c13-8-3-1-4-9-10(8)19-11(16-9)15-7-12(5-2-6-12)20(14,17)18/h1,3-4H,2,5-7H2,(H,15,16)(H2,14,17,18). The van der Waals surface area contributed by atoms with E-state index in [9.17, 15) is 12.8 Å². The monoisotopic (exact) mass is 315 g/mol. The van der Waals surface area contributed by atoms with Gasteiger partial charge in [0, 0.05) is 6.54 Å². The summed E-state index contributed by atoms with van der Waals surface area (Å²) in [7, 11) is -3.60. The fraction of sp³-hybridized carbons (Fsp3) is 0.417. The highest BCUT2D eigenvalue weighted by Crippen LogP contribution is 2.38. The molecule has 0 bridgehead atoms. The van der Waals surface area contributed by atoms with Crippen molar-refractivity contribution < 1.29 is 12.8 Å². The summed E-state index contributed by atoms with van der Waals surface area (Å²) in [6, 6.07) is 4.69. The van der Waals surface area contributed by atoms with Gasteiger partial charge in [-0.1, -0.05) is 23.8 Å². The molecule has 2 aromatic rings. The van der Waals surface area contributed by atoms with Crippen LogP contribution in [0.5, 0.6) is 0 Å². The number of primary sulfonamides is 1. The molecule has 0 spiro atoms. The van der Waals surface area contributed by atoms with Gasteiger partial charge in [-0.15, -0.1) is 0 Å². The molecule has 1 aliphatic rings. The first-order valence-electron chi connectivity index (χ1n) is 6.23. The molecule has 5 nitrogen and oxygen atoms in total. The summed E-state index contributed by atoms with van der Waals surface area (Å²) >= 11 is 1.18. The van der Waals surface area contributed by atoms with Crippen LogP contribution in [-0.4, -0.2) is 24.7 Å². The van der Waals surface area contributed by atoms with Gasteiger partial charge >= 0.3 is 0 Å². The van der Waals surface area contributed by atoms with E-state index in [1.807, 2.05) is 0 Å². The quantitative estimate of drug-likeness (QED) is 0.904. The summed E-state index contributed by atoms with van der Waals surface area (Å²) in [4.78, 5) is 4.25. The highest BCUT2D eigenvalue weighted by molar-refractivity contribution is 7.90. The Morgan fingerprint density at radius 3 is 2.75 bits per heavy atom. The summed E-state index contributed by atoms with van der Waals surface area (Å²) in [5, 5.41) is 8.80. The molecule has 0 atom stereocenters. The number of sulfonamides is 1. The van der Waals surface area contributed by atoms with E-state index in [2.05, 4.69) is 10.3 Å². The van der Waals surface area contributed by atoms with Gasteiger partial charge in [0.1, 0.15) is 10.6 Å². The minimum Gasteiger partial charge on any atom is -0.360 e. The number of thiazole rings is 1. The van der Waals surface area contributed by atoms with E-state index in [4.69, 9.17) is 5.14 Å². The minimum absolute atomic E-state index is 0.216. The van der Waals surface area contributed by atoms with E-state index in [0.29, 0.717) is 28.2 Å². The van der Waals surface area contributed by atoms with Crippen molar-refractivity contribution >= 4 is 36.7 Å². The van der Waals surface area contributed by atoms with Crippen LogP contribution in [0.1, 0.15) is 19.3 Å². The molecule has 0 aliphatic heterocycles. The Morgan fingerprint density at radius 1 is 1.45 bits per heavy atom. The molecular weight excluding hydrogens is 301 g/mol. The predicted molar refractivity (Wildman–Crippen MR) is 77.8 cm³/mol. The normalized spacial score (nSPS) is 17.9. The number of hydrogen-bond donors (Lipinski definition) is 2. The lowest BCUT2D eigenvalue weighted by molar-refractivity contribution is 0.351. The maximum Gasteiger partial charge on any atom is 0.216 e. The number of aromatic nitrogens is 1. The topological polar surface area (TPSA) is 85.1 Å². The maximum atomic E-state index is 13.6. The summed E-state index contributed by atoms with van der Waals surface area (Å²) in [5.41, 5.74) is 0.566. The maximum absolute atomic E-state index is 13.6. The number of rotatable bonds is 4. The third kappa shape index (κ3) is 2.17. The summed E-state index contributed by atoms with van der Waals surface area (Å²) in [6.45, 7) is 0.216. The molecule has 1 heterocycles. The average molecular weight is 315 g/mol. The van der Waals surface area contributed by atoms with Gasteiger partial charge in [-0.3, -0.25) is 0 Å². The lowest BCUT2D eigenvalue weighted by Gasteiger charge is -2.39. The number of nitrogens with two attached hydrogens (primary N) is 1. The molecule has 0 unspecified atom stereocenters. The molecule has 20 heavy (non-hydrogen) atoms. The van der Waals surface area contributed by atoms with Crippen LogP contribution in [-0.2, 0) is 10.0 Å². The SMILES string of the molecule is NS(=O)(=O)C1(CNc2nc3cccc(F)c3s2)CCC1. The van der Waals surface area contributed by atoms with E-state index < -0.39 is 14.8 Å². The zero-order chi connectivity index (χ0) is 14.4. The number of halogens is 1. The predicted octanol–water partition coefficient (Wildman–Crippen LogP) is 2.06. The van der Waals surface area contributed by atoms with Crippen LogP contribution in [0.2, 0.25) is 0 Å². The van der Waals surface area contributed by atoms with Crippen LogP contribution in [0.25, 0.3) is 10.2 Å². The van der Waals surface area contributed by atoms with Crippen molar-refractivity contribution in [2.75, 3.05) is 11.9 Å². The number of nitrogens with one attached hydrogen (secondary N) is 1. The first-order valence-corrected chi connectivity index (χ1v) is 8.59. The molecule has 0 saturated heterocycles. The number of nitrogens with zero attached hydrogens (tertiary/aromatic N) is 1. The Balaban J connectivity index is 1.82. The molecule has 1 aromatic heterocycles. The van der Waals surface area contributed by atoms with E-state index in [1.54, 1.807) is 12.1 Å². The Morgan fingerprint density at radius 2 is 2.20 bits per heavy atom. The van der Waals surface area contributed by atoms with Gasteiger partial charge in [-0.25, -0.2) is 22.9 Å². The van der Waals surface area contributed by atoms with E-state index in [0.717, 1.165) is 6.42 Å². The first kappa shape index (κ1) is 13.7. The Hall–Kier alpha value is -1.25. The molecule has 108 valence electrons. The number of anilines is 1. The van der Waals surface area contributed by atoms with Crippen molar-refractivity contribution in [2.45, 2.75) is 24.0 Å². The lowest BCUT2D eigenvalue weighted by Crippen LogP contribution is -2.53. The number of benzene rings is 1. The van der Waals surface area contributed by atoms with Crippen LogP contribution in [0, 0.1) is 5.82 Å². The molecular formula is C12H14FN3O2S2. The first-order chi connectivity index (χ1) is 9.41. The molecule has 1 saturated carbocycles. The van der Waals surface area contributed by atoms with Gasteiger partial charge in [-0.2, -0.15) is 0 Å². The van der Waals surface area contributed by atoms with Crippen molar-refractivity contribution in [3.8, 4) is 0 Å². The summed E-state index contributed by atoms with van der Waals surface area (Å²) < 4.78 is 36.4. The second-order valence-corrected chi connectivity index (χ2v) is 8.00. The van der Waals surface area contributed by atoms with Gasteiger partial charge in [0.15, 0.2) is 5.13 Å².